The highest BCUT2D eigenvalue weighted by atomic mass is 35.5. The summed E-state index contributed by atoms with van der Waals surface area (Å²) in [5, 5.41) is 0.751. The molecule has 106 valence electrons. The summed E-state index contributed by atoms with van der Waals surface area (Å²) in [7, 11) is 0. The Morgan fingerprint density at radius 2 is 2.16 bits per heavy atom. The molecule has 0 bridgehead atoms. The Morgan fingerprint density at radius 3 is 2.84 bits per heavy atom. The zero-order valence-corrected chi connectivity index (χ0v) is 12.4. The van der Waals surface area contributed by atoms with E-state index < -0.39 is 0 Å². The minimum atomic E-state index is -0.0747. The van der Waals surface area contributed by atoms with Crippen LogP contribution in [0.15, 0.2) is 24.3 Å². The van der Waals surface area contributed by atoms with Crippen LogP contribution in [0.4, 0.5) is 0 Å². The van der Waals surface area contributed by atoms with E-state index in [0.717, 1.165) is 29.3 Å². The molecule has 2 N–H and O–H groups in total. The highest BCUT2D eigenvalue weighted by Gasteiger charge is 2.25. The van der Waals surface area contributed by atoms with Gasteiger partial charge < -0.3 is 10.5 Å². The molecule has 1 aromatic rings. The van der Waals surface area contributed by atoms with Gasteiger partial charge in [-0.05, 0) is 24.8 Å². The Bertz CT molecular complexity index is 396. The lowest BCUT2D eigenvalue weighted by Crippen LogP contribution is -2.27. The molecule has 0 saturated heterocycles. The fraction of sp³-hybridized carbons (Fsp3) is 0.625. The van der Waals surface area contributed by atoms with Crippen molar-refractivity contribution in [1.82, 2.24) is 0 Å². The van der Waals surface area contributed by atoms with Crippen LogP contribution in [0, 0.1) is 5.92 Å². The number of halogens is 1. The van der Waals surface area contributed by atoms with Gasteiger partial charge in [-0.2, -0.15) is 0 Å². The van der Waals surface area contributed by atoms with Gasteiger partial charge in [-0.3, -0.25) is 0 Å². The molecular weight excluding hydrogens is 258 g/mol. The number of ether oxygens (including phenoxy) is 1. The molecule has 1 fully saturated rings. The average Bonchev–Trinajstić information content (AvgIpc) is 2.46. The third kappa shape index (κ3) is 3.95. The van der Waals surface area contributed by atoms with E-state index in [1.54, 1.807) is 0 Å². The van der Waals surface area contributed by atoms with Gasteiger partial charge in [0.05, 0.1) is 12.2 Å². The van der Waals surface area contributed by atoms with Crippen molar-refractivity contribution >= 4 is 11.6 Å². The van der Waals surface area contributed by atoms with Crippen molar-refractivity contribution in [2.75, 3.05) is 6.54 Å². The topological polar surface area (TPSA) is 35.2 Å². The second kappa shape index (κ2) is 7.28. The quantitative estimate of drug-likeness (QED) is 0.872. The summed E-state index contributed by atoms with van der Waals surface area (Å²) >= 11 is 6.24. The second-order valence-corrected chi connectivity index (χ2v) is 5.85. The molecule has 3 heteroatoms. The molecule has 0 heterocycles. The highest BCUT2D eigenvalue weighted by molar-refractivity contribution is 6.31. The number of hydrogen-bond acceptors (Lipinski definition) is 2. The SMILES string of the molecule is CCC1CCCC(OC(CN)c2ccccc2Cl)C1. The van der Waals surface area contributed by atoms with Gasteiger partial charge in [0.1, 0.15) is 0 Å². The van der Waals surface area contributed by atoms with Crippen molar-refractivity contribution in [3.8, 4) is 0 Å². The van der Waals surface area contributed by atoms with Crippen LogP contribution in [0.3, 0.4) is 0 Å². The molecule has 0 radical (unpaired) electrons. The molecule has 0 spiro atoms. The fourth-order valence-corrected chi connectivity index (χ4v) is 3.22. The van der Waals surface area contributed by atoms with E-state index in [0.29, 0.717) is 12.6 Å². The summed E-state index contributed by atoms with van der Waals surface area (Å²) in [5.74, 6) is 0.809. The molecule has 1 saturated carbocycles. The zero-order valence-electron chi connectivity index (χ0n) is 11.6. The molecule has 1 aliphatic carbocycles. The van der Waals surface area contributed by atoms with Gasteiger partial charge in [0.2, 0.25) is 0 Å². The van der Waals surface area contributed by atoms with Crippen molar-refractivity contribution in [2.24, 2.45) is 11.7 Å². The van der Waals surface area contributed by atoms with Gasteiger partial charge in [-0.25, -0.2) is 0 Å². The standard InChI is InChI=1S/C16H24ClNO/c1-2-12-6-5-7-13(10-12)19-16(11-18)14-8-3-4-9-15(14)17/h3-4,8-9,12-13,16H,2,5-7,10-11,18H2,1H3. The first-order valence-corrected chi connectivity index (χ1v) is 7.72. The van der Waals surface area contributed by atoms with Gasteiger partial charge in [0.15, 0.2) is 0 Å². The predicted octanol–water partition coefficient (Wildman–Crippen LogP) is 4.33. The molecule has 2 nitrogen and oxygen atoms in total. The summed E-state index contributed by atoms with van der Waals surface area (Å²) in [6.45, 7) is 2.75. The lowest BCUT2D eigenvalue weighted by molar-refractivity contribution is -0.0381. The van der Waals surface area contributed by atoms with E-state index in [2.05, 4.69) is 6.92 Å². The number of benzene rings is 1. The number of rotatable bonds is 5. The molecule has 0 amide bonds. The van der Waals surface area contributed by atoms with Gasteiger partial charge in [-0.15, -0.1) is 0 Å². The van der Waals surface area contributed by atoms with Crippen LogP contribution in [0.25, 0.3) is 0 Å². The first kappa shape index (κ1) is 14.8. The monoisotopic (exact) mass is 281 g/mol. The van der Waals surface area contributed by atoms with Gasteiger partial charge in [0.25, 0.3) is 0 Å². The van der Waals surface area contributed by atoms with Crippen molar-refractivity contribution < 1.29 is 4.74 Å². The first-order chi connectivity index (χ1) is 9.24. The lowest BCUT2D eigenvalue weighted by Gasteiger charge is -2.31. The van der Waals surface area contributed by atoms with E-state index in [1.807, 2.05) is 24.3 Å². The van der Waals surface area contributed by atoms with Crippen molar-refractivity contribution in [2.45, 2.75) is 51.2 Å². The molecule has 3 unspecified atom stereocenters. The van der Waals surface area contributed by atoms with Gasteiger partial charge in [-0.1, -0.05) is 56.0 Å². The van der Waals surface area contributed by atoms with Crippen LogP contribution in [0.1, 0.15) is 50.7 Å². The summed E-state index contributed by atoms with van der Waals surface area (Å²) in [6.07, 6.45) is 6.44. The molecule has 1 aliphatic rings. The Labute approximate surface area is 121 Å². The van der Waals surface area contributed by atoms with E-state index in [-0.39, 0.29) is 6.10 Å². The van der Waals surface area contributed by atoms with Crippen LogP contribution in [0.2, 0.25) is 5.02 Å². The predicted molar refractivity (Wildman–Crippen MR) is 80.4 cm³/mol. The first-order valence-electron chi connectivity index (χ1n) is 7.34. The molecule has 2 rings (SSSR count). The molecule has 19 heavy (non-hydrogen) atoms. The average molecular weight is 282 g/mol. The maximum Gasteiger partial charge on any atom is 0.0965 e. The maximum atomic E-state index is 6.24. The van der Waals surface area contributed by atoms with Crippen LogP contribution >= 0.6 is 11.6 Å². The van der Waals surface area contributed by atoms with Crippen molar-refractivity contribution in [3.05, 3.63) is 34.9 Å². The molecule has 1 aromatic carbocycles. The van der Waals surface area contributed by atoms with Crippen LogP contribution in [-0.2, 0) is 4.74 Å². The van der Waals surface area contributed by atoms with Crippen molar-refractivity contribution in [3.63, 3.8) is 0 Å². The maximum absolute atomic E-state index is 6.24. The molecule has 0 aliphatic heterocycles. The van der Waals surface area contributed by atoms with Gasteiger partial charge >= 0.3 is 0 Å². The number of hydrogen-bond donors (Lipinski definition) is 1. The minimum absolute atomic E-state index is 0.0747. The zero-order chi connectivity index (χ0) is 13.7. The minimum Gasteiger partial charge on any atom is -0.369 e. The molecule has 0 aromatic heterocycles. The lowest BCUT2D eigenvalue weighted by atomic mass is 9.85. The Balaban J connectivity index is 2.01. The largest absolute Gasteiger partial charge is 0.369 e. The van der Waals surface area contributed by atoms with Crippen molar-refractivity contribution in [1.29, 1.82) is 0 Å². The van der Waals surface area contributed by atoms with E-state index >= 15 is 0 Å². The number of nitrogens with two attached hydrogens (primary N) is 1. The van der Waals surface area contributed by atoms with E-state index in [1.165, 1.54) is 19.3 Å². The molecule has 3 atom stereocenters. The van der Waals surface area contributed by atoms with E-state index in [4.69, 9.17) is 22.1 Å². The fourth-order valence-electron chi connectivity index (χ4n) is 2.96. The van der Waals surface area contributed by atoms with Gasteiger partial charge in [0, 0.05) is 17.1 Å². The van der Waals surface area contributed by atoms with Crippen LogP contribution in [0.5, 0.6) is 0 Å². The highest BCUT2D eigenvalue weighted by Crippen LogP contribution is 2.33. The summed E-state index contributed by atoms with van der Waals surface area (Å²) in [4.78, 5) is 0. The third-order valence-electron chi connectivity index (χ3n) is 4.13. The van der Waals surface area contributed by atoms with Crippen LogP contribution in [-0.4, -0.2) is 12.6 Å². The summed E-state index contributed by atoms with van der Waals surface area (Å²) < 4.78 is 6.23. The Morgan fingerprint density at radius 1 is 1.37 bits per heavy atom. The van der Waals surface area contributed by atoms with E-state index in [9.17, 15) is 0 Å². The third-order valence-corrected chi connectivity index (χ3v) is 4.48. The van der Waals surface area contributed by atoms with Crippen LogP contribution < -0.4 is 5.73 Å². The Hall–Kier alpha value is -0.570. The normalized spacial score (nSPS) is 25.2. The Kier molecular flexibility index (Phi) is 5.68. The molecular formula is C16H24ClNO. The second-order valence-electron chi connectivity index (χ2n) is 5.44. The summed E-state index contributed by atoms with van der Waals surface area (Å²) in [5.41, 5.74) is 6.89. The summed E-state index contributed by atoms with van der Waals surface area (Å²) in [6, 6.07) is 7.84. The smallest absolute Gasteiger partial charge is 0.0965 e.